The number of hydrogen-bond donors (Lipinski definition) is 0. The van der Waals surface area contributed by atoms with Gasteiger partial charge in [0.1, 0.15) is 42.7 Å². The van der Waals surface area contributed by atoms with Gasteiger partial charge in [-0.1, -0.05) is 30.3 Å². The maximum atomic E-state index is 6.41. The Morgan fingerprint density at radius 3 is 1.85 bits per heavy atom. The number of hydrogen-bond acceptors (Lipinski definition) is 6. The summed E-state index contributed by atoms with van der Waals surface area (Å²) in [6.45, 7) is 4.37. The fourth-order valence-electron chi connectivity index (χ4n) is 5.61. The number of fused-ring (bicyclic) bond motifs is 2. The van der Waals surface area contributed by atoms with E-state index in [2.05, 4.69) is 60.7 Å². The van der Waals surface area contributed by atoms with Crippen molar-refractivity contribution < 1.29 is 28.4 Å². The molecule has 0 bridgehead atoms. The highest BCUT2D eigenvalue weighted by molar-refractivity contribution is 5.92. The fraction of sp³-hybridized carbons (Fsp3) is 0.429. The molecule has 3 unspecified atom stereocenters. The van der Waals surface area contributed by atoms with Crippen molar-refractivity contribution in [1.82, 2.24) is 0 Å². The van der Waals surface area contributed by atoms with E-state index in [1.807, 2.05) is 0 Å². The molecule has 0 N–H and O–H groups in total. The average Bonchev–Trinajstić information content (AvgIpc) is 3.83. The normalized spacial score (nSPS) is 22.6. The summed E-state index contributed by atoms with van der Waals surface area (Å²) in [6, 6.07) is 21.7. The molecule has 0 radical (unpaired) electrons. The van der Waals surface area contributed by atoms with Crippen molar-refractivity contribution in [2.75, 3.05) is 39.6 Å². The second kappa shape index (κ2) is 10.8. The minimum Gasteiger partial charge on any atom is -0.493 e. The van der Waals surface area contributed by atoms with Gasteiger partial charge < -0.3 is 28.4 Å². The van der Waals surface area contributed by atoms with E-state index in [4.69, 9.17) is 28.4 Å². The van der Waals surface area contributed by atoms with E-state index in [-0.39, 0.29) is 12.2 Å². The van der Waals surface area contributed by atoms with E-state index >= 15 is 0 Å². The zero-order chi connectivity index (χ0) is 27.2. The van der Waals surface area contributed by atoms with Gasteiger partial charge in [-0.15, -0.1) is 0 Å². The Morgan fingerprint density at radius 1 is 0.610 bits per heavy atom. The van der Waals surface area contributed by atoms with Crippen LogP contribution in [0.5, 0.6) is 17.2 Å². The van der Waals surface area contributed by atoms with Crippen molar-refractivity contribution in [3.63, 3.8) is 0 Å². The van der Waals surface area contributed by atoms with Crippen LogP contribution < -0.4 is 14.2 Å². The Kier molecular flexibility index (Phi) is 6.70. The molecule has 0 aromatic heterocycles. The van der Waals surface area contributed by atoms with Gasteiger partial charge in [-0.25, -0.2) is 0 Å². The van der Waals surface area contributed by atoms with Crippen molar-refractivity contribution >= 4 is 21.5 Å². The molecule has 212 valence electrons. The van der Waals surface area contributed by atoms with Gasteiger partial charge in [-0.05, 0) is 94.6 Å². The number of ether oxygens (including phenoxy) is 6. The Hall–Kier alpha value is -3.32. The first kappa shape index (κ1) is 25.4. The number of aryl methyl sites for hydroxylation is 1. The molecule has 3 saturated heterocycles. The molecule has 6 nitrogen and oxygen atoms in total. The van der Waals surface area contributed by atoms with Crippen LogP contribution in [0.2, 0.25) is 0 Å². The van der Waals surface area contributed by atoms with Crippen molar-refractivity contribution in [2.45, 2.75) is 50.4 Å². The van der Waals surface area contributed by atoms with E-state index in [1.54, 1.807) is 0 Å². The molecule has 0 spiro atoms. The lowest BCUT2D eigenvalue weighted by Crippen LogP contribution is -2.08. The molecule has 3 atom stereocenters. The van der Waals surface area contributed by atoms with Crippen LogP contribution in [-0.4, -0.2) is 58.0 Å². The van der Waals surface area contributed by atoms with Crippen molar-refractivity contribution in [1.29, 1.82) is 0 Å². The smallest absolute Gasteiger partial charge is 0.123 e. The van der Waals surface area contributed by atoms with E-state index in [0.29, 0.717) is 25.2 Å². The zero-order valence-electron chi connectivity index (χ0n) is 23.3. The maximum absolute atomic E-state index is 6.41. The topological polar surface area (TPSA) is 65.3 Å². The summed E-state index contributed by atoms with van der Waals surface area (Å²) < 4.78 is 35.2. The van der Waals surface area contributed by atoms with Gasteiger partial charge in [0.05, 0.1) is 32.5 Å². The van der Waals surface area contributed by atoms with Crippen LogP contribution in [0.25, 0.3) is 21.5 Å². The van der Waals surface area contributed by atoms with Crippen LogP contribution in [-0.2, 0) is 27.1 Å². The minimum absolute atomic E-state index is 0.185. The Bertz CT molecular complexity index is 1440. The summed E-state index contributed by atoms with van der Waals surface area (Å²) in [7, 11) is 0. The predicted octanol–water partition coefficient (Wildman–Crippen LogP) is 6.26. The summed E-state index contributed by atoms with van der Waals surface area (Å²) in [5, 5.41) is 4.81. The third-order valence-electron chi connectivity index (χ3n) is 8.60. The van der Waals surface area contributed by atoms with E-state index < -0.39 is 0 Å². The lowest BCUT2D eigenvalue weighted by atomic mass is 9.89. The quantitative estimate of drug-likeness (QED) is 0.172. The zero-order valence-corrected chi connectivity index (χ0v) is 23.3. The molecule has 1 aliphatic carbocycles. The second-order valence-electron chi connectivity index (χ2n) is 12.0. The molecule has 3 aliphatic heterocycles. The first-order chi connectivity index (χ1) is 20.2. The van der Waals surface area contributed by atoms with Gasteiger partial charge in [-0.3, -0.25) is 0 Å². The standard InChI is InChI=1S/C35H36O6/c1-2-22(1)16-36-26-9-5-23-3-4-24(7-11-28-17-38-28)33(31(23)13-26)15-34-32-14-27(37-18-29-19-39-29)10-6-25(32)8-12-35(34)41-21-30-20-40-30/h3-6,8-10,12-14,22,28-30H,1-2,7,11,15-21H2. The first-order valence-electron chi connectivity index (χ1n) is 15.1. The van der Waals surface area contributed by atoms with Crippen LogP contribution in [0.1, 0.15) is 36.0 Å². The van der Waals surface area contributed by atoms with Gasteiger partial charge >= 0.3 is 0 Å². The van der Waals surface area contributed by atoms with Crippen molar-refractivity contribution in [3.8, 4) is 17.2 Å². The monoisotopic (exact) mass is 552 g/mol. The SMILES string of the molecule is c1cc2ccc(CCC3CO3)c(Cc3c(OCC4CO4)ccc4ccc(OCC5CO5)cc34)c2cc1OCC1CC1. The Labute approximate surface area is 240 Å². The largest absolute Gasteiger partial charge is 0.493 e. The number of benzene rings is 4. The maximum Gasteiger partial charge on any atom is 0.123 e. The van der Waals surface area contributed by atoms with Crippen LogP contribution in [0.3, 0.4) is 0 Å². The second-order valence-corrected chi connectivity index (χ2v) is 12.0. The molecule has 6 heteroatoms. The number of epoxide rings is 3. The van der Waals surface area contributed by atoms with Crippen molar-refractivity contribution in [3.05, 3.63) is 77.4 Å². The lowest BCUT2D eigenvalue weighted by Gasteiger charge is -2.19. The van der Waals surface area contributed by atoms with Gasteiger partial charge in [0.15, 0.2) is 0 Å². The molecular weight excluding hydrogens is 516 g/mol. The van der Waals surface area contributed by atoms with Crippen LogP contribution in [0, 0.1) is 5.92 Å². The molecule has 4 aromatic rings. The van der Waals surface area contributed by atoms with E-state index in [9.17, 15) is 0 Å². The fourth-order valence-corrected chi connectivity index (χ4v) is 5.61. The molecule has 0 amide bonds. The summed E-state index contributed by atoms with van der Waals surface area (Å²) >= 11 is 0. The van der Waals surface area contributed by atoms with Crippen molar-refractivity contribution in [2.24, 2.45) is 5.92 Å². The van der Waals surface area contributed by atoms with E-state index in [0.717, 1.165) is 68.3 Å². The van der Waals surface area contributed by atoms with Crippen LogP contribution >= 0.6 is 0 Å². The lowest BCUT2D eigenvalue weighted by molar-refractivity contribution is 0.261. The van der Waals surface area contributed by atoms with E-state index in [1.165, 1.54) is 45.7 Å². The summed E-state index contributed by atoms with van der Waals surface area (Å²) in [5.74, 6) is 3.43. The molecule has 3 heterocycles. The Balaban J connectivity index is 1.21. The van der Waals surface area contributed by atoms with Gasteiger partial charge in [0, 0.05) is 12.0 Å². The highest BCUT2D eigenvalue weighted by Gasteiger charge is 2.26. The highest BCUT2D eigenvalue weighted by Crippen LogP contribution is 2.38. The predicted molar refractivity (Wildman–Crippen MR) is 157 cm³/mol. The molecule has 4 fully saturated rings. The molecule has 4 aromatic carbocycles. The summed E-state index contributed by atoms with van der Waals surface area (Å²) in [5.41, 5.74) is 3.87. The van der Waals surface area contributed by atoms with Gasteiger partial charge in [0.2, 0.25) is 0 Å². The summed E-state index contributed by atoms with van der Waals surface area (Å²) in [6.07, 6.45) is 6.11. The average molecular weight is 553 g/mol. The molecule has 4 aliphatic rings. The van der Waals surface area contributed by atoms with Crippen LogP contribution in [0.15, 0.2) is 60.7 Å². The minimum atomic E-state index is 0.185. The van der Waals surface area contributed by atoms with Gasteiger partial charge in [0.25, 0.3) is 0 Å². The Morgan fingerprint density at radius 2 is 1.20 bits per heavy atom. The highest BCUT2D eigenvalue weighted by atomic mass is 16.6. The third kappa shape index (κ3) is 6.15. The molecule has 8 rings (SSSR count). The molecule has 41 heavy (non-hydrogen) atoms. The molecule has 1 saturated carbocycles. The third-order valence-corrected chi connectivity index (χ3v) is 8.60. The first-order valence-corrected chi connectivity index (χ1v) is 15.1. The van der Waals surface area contributed by atoms with Crippen LogP contribution in [0.4, 0.5) is 0 Å². The van der Waals surface area contributed by atoms with Gasteiger partial charge in [-0.2, -0.15) is 0 Å². The number of rotatable bonds is 14. The molecular formula is C35H36O6. The summed E-state index contributed by atoms with van der Waals surface area (Å²) in [4.78, 5) is 0.